The first kappa shape index (κ1) is 31.9. The van der Waals surface area contributed by atoms with Crippen molar-refractivity contribution in [2.45, 2.75) is 0 Å². The van der Waals surface area contributed by atoms with Crippen LogP contribution in [-0.4, -0.2) is 19.5 Å². The monoisotopic (exact) mass is 716 g/mol. The third-order valence-electron chi connectivity index (χ3n) is 10.7. The normalized spacial score (nSPS) is 11.6. The summed E-state index contributed by atoms with van der Waals surface area (Å²) in [5, 5.41) is 4.66. The second-order valence-electron chi connectivity index (χ2n) is 14.0. The summed E-state index contributed by atoms with van der Waals surface area (Å²) in [6.07, 6.45) is 0. The lowest BCUT2D eigenvalue weighted by Gasteiger charge is -2.13. The van der Waals surface area contributed by atoms with Crippen molar-refractivity contribution in [1.82, 2.24) is 19.5 Å². The number of rotatable bonds is 6. The molecule has 262 valence electrons. The molecule has 0 fully saturated rings. The Hall–Kier alpha value is -7.63. The van der Waals surface area contributed by atoms with Crippen LogP contribution < -0.4 is 0 Å². The predicted molar refractivity (Wildman–Crippen MR) is 229 cm³/mol. The second-order valence-corrected chi connectivity index (χ2v) is 14.0. The largest absolute Gasteiger partial charge is 0.455 e. The van der Waals surface area contributed by atoms with E-state index in [1.165, 1.54) is 10.8 Å². The lowest BCUT2D eigenvalue weighted by Crippen LogP contribution is -2.01. The molecule has 0 radical (unpaired) electrons. The quantitative estimate of drug-likeness (QED) is 0.172. The zero-order valence-corrected chi connectivity index (χ0v) is 30.2. The molecule has 0 bridgehead atoms. The maximum atomic E-state index is 6.43. The molecule has 0 unspecified atom stereocenters. The Bertz CT molecular complexity index is 3180. The minimum atomic E-state index is 0.633. The van der Waals surface area contributed by atoms with Gasteiger partial charge in [0.15, 0.2) is 17.5 Å². The van der Waals surface area contributed by atoms with E-state index in [1.807, 2.05) is 78.9 Å². The lowest BCUT2D eigenvalue weighted by molar-refractivity contribution is 0.670. The highest BCUT2D eigenvalue weighted by Gasteiger charge is 2.18. The van der Waals surface area contributed by atoms with Crippen molar-refractivity contribution in [2.75, 3.05) is 0 Å². The molecule has 0 spiro atoms. The zero-order valence-electron chi connectivity index (χ0n) is 30.2. The van der Waals surface area contributed by atoms with E-state index in [-0.39, 0.29) is 0 Å². The molecule has 11 rings (SSSR count). The zero-order chi connectivity index (χ0) is 37.0. The van der Waals surface area contributed by atoms with E-state index in [9.17, 15) is 0 Å². The van der Waals surface area contributed by atoms with Crippen LogP contribution in [0.2, 0.25) is 0 Å². The van der Waals surface area contributed by atoms with Crippen molar-refractivity contribution in [3.05, 3.63) is 194 Å². The van der Waals surface area contributed by atoms with Crippen molar-refractivity contribution in [3.8, 4) is 62.1 Å². The van der Waals surface area contributed by atoms with E-state index < -0.39 is 0 Å². The smallest absolute Gasteiger partial charge is 0.164 e. The molecule has 56 heavy (non-hydrogen) atoms. The van der Waals surface area contributed by atoms with Gasteiger partial charge in [-0.25, -0.2) is 15.0 Å². The van der Waals surface area contributed by atoms with Crippen molar-refractivity contribution in [1.29, 1.82) is 0 Å². The van der Waals surface area contributed by atoms with Crippen LogP contribution in [0.1, 0.15) is 0 Å². The Kier molecular flexibility index (Phi) is 7.42. The van der Waals surface area contributed by atoms with Gasteiger partial charge in [0.2, 0.25) is 0 Å². The molecular weight excluding hydrogens is 685 g/mol. The summed E-state index contributed by atoms with van der Waals surface area (Å²) >= 11 is 0. The standard InChI is InChI=1S/C51H32N4O/c1-3-14-34(15-4-1)49-52-50(35-16-5-2-6-17-35)54-51(53-49)43-21-8-7-18-38(43)33-26-29-37(30-27-33)55-45-24-11-9-19-40(45)44-32-36(28-31-46(44)55)39-22-13-23-42-41-20-10-12-25-47(41)56-48(39)42/h1-32H. The van der Waals surface area contributed by atoms with Gasteiger partial charge in [0.05, 0.1) is 11.0 Å². The highest BCUT2D eigenvalue weighted by atomic mass is 16.3. The van der Waals surface area contributed by atoms with Gasteiger partial charge in [0.25, 0.3) is 0 Å². The van der Waals surface area contributed by atoms with Crippen LogP contribution in [0, 0.1) is 0 Å². The van der Waals surface area contributed by atoms with Crippen LogP contribution in [0.25, 0.3) is 106 Å². The summed E-state index contributed by atoms with van der Waals surface area (Å²) in [5.41, 5.74) is 12.4. The summed E-state index contributed by atoms with van der Waals surface area (Å²) in [6, 6.07) is 67.4. The van der Waals surface area contributed by atoms with Crippen LogP contribution in [-0.2, 0) is 0 Å². The SMILES string of the molecule is c1ccc(-c2nc(-c3ccccc3)nc(-c3ccccc3-c3ccc(-n4c5ccccc5c5cc(-c6cccc7c6oc6ccccc67)ccc54)cc3)n2)cc1. The number of fused-ring (bicyclic) bond motifs is 6. The van der Waals surface area contributed by atoms with Gasteiger partial charge in [-0.05, 0) is 53.1 Å². The van der Waals surface area contributed by atoms with E-state index in [2.05, 4.69) is 120 Å². The van der Waals surface area contributed by atoms with E-state index in [0.29, 0.717) is 17.5 Å². The highest BCUT2D eigenvalue weighted by molar-refractivity contribution is 6.13. The lowest BCUT2D eigenvalue weighted by atomic mass is 9.98. The summed E-state index contributed by atoms with van der Waals surface area (Å²) < 4.78 is 8.79. The first-order valence-corrected chi connectivity index (χ1v) is 18.8. The first-order valence-electron chi connectivity index (χ1n) is 18.8. The van der Waals surface area contributed by atoms with Gasteiger partial charge in [0, 0.05) is 49.5 Å². The van der Waals surface area contributed by atoms with E-state index in [4.69, 9.17) is 19.4 Å². The molecule has 8 aromatic carbocycles. The van der Waals surface area contributed by atoms with Gasteiger partial charge in [-0.3, -0.25) is 0 Å². The maximum Gasteiger partial charge on any atom is 0.164 e. The molecule has 0 saturated carbocycles. The average molecular weight is 717 g/mol. The summed E-state index contributed by atoms with van der Waals surface area (Å²) in [6.45, 7) is 0. The fraction of sp³-hybridized carbons (Fsp3) is 0. The fourth-order valence-corrected chi connectivity index (χ4v) is 8.04. The minimum Gasteiger partial charge on any atom is -0.455 e. The Morgan fingerprint density at radius 2 is 0.893 bits per heavy atom. The number of benzene rings is 8. The van der Waals surface area contributed by atoms with Crippen molar-refractivity contribution in [2.24, 2.45) is 0 Å². The number of hydrogen-bond donors (Lipinski definition) is 0. The third kappa shape index (κ3) is 5.29. The summed E-state index contributed by atoms with van der Waals surface area (Å²) in [5.74, 6) is 1.92. The number of para-hydroxylation sites is 3. The number of aromatic nitrogens is 4. The van der Waals surface area contributed by atoms with E-state index >= 15 is 0 Å². The molecule has 0 amide bonds. The molecule has 0 aliphatic heterocycles. The Balaban J connectivity index is 1.01. The second kappa shape index (κ2) is 13.0. The molecule has 11 aromatic rings. The van der Waals surface area contributed by atoms with Gasteiger partial charge in [0.1, 0.15) is 11.2 Å². The molecule has 0 saturated heterocycles. The van der Waals surface area contributed by atoms with Crippen LogP contribution >= 0.6 is 0 Å². The molecule has 0 aliphatic carbocycles. The van der Waals surface area contributed by atoms with Crippen LogP contribution in [0.4, 0.5) is 0 Å². The highest BCUT2D eigenvalue weighted by Crippen LogP contribution is 2.40. The fourth-order valence-electron chi connectivity index (χ4n) is 8.04. The van der Waals surface area contributed by atoms with Crippen LogP contribution in [0.15, 0.2) is 199 Å². The molecule has 5 nitrogen and oxygen atoms in total. The Morgan fingerprint density at radius 1 is 0.339 bits per heavy atom. The Morgan fingerprint density at radius 3 is 1.64 bits per heavy atom. The van der Waals surface area contributed by atoms with Gasteiger partial charge in [-0.1, -0.05) is 158 Å². The number of furan rings is 1. The average Bonchev–Trinajstić information content (AvgIpc) is 3.83. The van der Waals surface area contributed by atoms with E-state index in [1.54, 1.807) is 0 Å². The molecule has 0 aliphatic rings. The maximum absolute atomic E-state index is 6.43. The Labute approximate surface area is 322 Å². The minimum absolute atomic E-state index is 0.633. The van der Waals surface area contributed by atoms with Crippen molar-refractivity contribution in [3.63, 3.8) is 0 Å². The number of hydrogen-bond acceptors (Lipinski definition) is 4. The molecule has 3 aromatic heterocycles. The van der Waals surface area contributed by atoms with Crippen molar-refractivity contribution < 1.29 is 4.42 Å². The number of nitrogens with zero attached hydrogens (tertiary/aromatic N) is 4. The van der Waals surface area contributed by atoms with E-state index in [0.717, 1.165) is 77.6 Å². The third-order valence-corrected chi connectivity index (χ3v) is 10.7. The molecule has 0 N–H and O–H groups in total. The topological polar surface area (TPSA) is 56.7 Å². The van der Waals surface area contributed by atoms with Gasteiger partial charge >= 0.3 is 0 Å². The first-order chi connectivity index (χ1) is 27.8. The molecule has 0 atom stereocenters. The van der Waals surface area contributed by atoms with Gasteiger partial charge < -0.3 is 8.98 Å². The summed E-state index contributed by atoms with van der Waals surface area (Å²) in [7, 11) is 0. The van der Waals surface area contributed by atoms with Crippen molar-refractivity contribution >= 4 is 43.7 Å². The molecule has 5 heteroatoms. The molecule has 3 heterocycles. The van der Waals surface area contributed by atoms with Gasteiger partial charge in [-0.15, -0.1) is 0 Å². The van der Waals surface area contributed by atoms with Gasteiger partial charge in [-0.2, -0.15) is 0 Å². The summed E-state index contributed by atoms with van der Waals surface area (Å²) in [4.78, 5) is 15.0. The van der Waals surface area contributed by atoms with Crippen LogP contribution in [0.3, 0.4) is 0 Å². The predicted octanol–water partition coefficient (Wildman–Crippen LogP) is 13.2. The van der Waals surface area contributed by atoms with Crippen LogP contribution in [0.5, 0.6) is 0 Å². The molecular formula is C51H32N4O.